The third kappa shape index (κ3) is 5.84. The van der Waals surface area contributed by atoms with Crippen molar-refractivity contribution in [1.82, 2.24) is 5.32 Å². The molecule has 0 aliphatic heterocycles. The average Bonchev–Trinajstić information content (AvgIpc) is 2.66. The number of anilines is 1. The van der Waals surface area contributed by atoms with Gasteiger partial charge in [-0.15, -0.1) is 0 Å². The molecule has 0 saturated carbocycles. The van der Waals surface area contributed by atoms with Gasteiger partial charge >= 0.3 is 0 Å². The van der Waals surface area contributed by atoms with Crippen LogP contribution in [0.15, 0.2) is 48.5 Å². The summed E-state index contributed by atoms with van der Waals surface area (Å²) < 4.78 is 5.77. The fraction of sp³-hybridized carbons (Fsp3) is 0.391. The number of hydrogen-bond acceptors (Lipinski definition) is 3. The molecule has 0 spiro atoms. The number of nitrogens with one attached hydrogen (secondary N) is 2. The molecule has 0 unspecified atom stereocenters. The number of hydrogen-bond donors (Lipinski definition) is 2. The maximum Gasteiger partial charge on any atom is 0.265 e. The topological polar surface area (TPSA) is 67.4 Å². The normalized spacial score (nSPS) is 12.2. The van der Waals surface area contributed by atoms with Crippen LogP contribution in [0.1, 0.15) is 57.0 Å². The Hall–Kier alpha value is -2.82. The maximum atomic E-state index is 12.6. The van der Waals surface area contributed by atoms with E-state index in [2.05, 4.69) is 31.4 Å². The molecule has 2 aromatic carbocycles. The van der Waals surface area contributed by atoms with E-state index in [1.165, 1.54) is 5.56 Å². The summed E-state index contributed by atoms with van der Waals surface area (Å²) >= 11 is 0. The predicted molar refractivity (Wildman–Crippen MR) is 113 cm³/mol. The lowest BCUT2D eigenvalue weighted by atomic mass is 9.87. The quantitative estimate of drug-likeness (QED) is 0.739. The second kappa shape index (κ2) is 9.40. The van der Waals surface area contributed by atoms with E-state index in [-0.39, 0.29) is 17.2 Å². The molecule has 2 aromatic rings. The zero-order valence-corrected chi connectivity index (χ0v) is 17.3. The fourth-order valence-corrected chi connectivity index (χ4v) is 2.65. The second-order valence-corrected chi connectivity index (χ2v) is 7.83. The van der Waals surface area contributed by atoms with Gasteiger partial charge in [0.25, 0.3) is 11.8 Å². The minimum atomic E-state index is -0.702. The van der Waals surface area contributed by atoms with Crippen LogP contribution in [0, 0.1) is 0 Å². The molecule has 150 valence electrons. The van der Waals surface area contributed by atoms with Crippen molar-refractivity contribution in [1.29, 1.82) is 0 Å². The van der Waals surface area contributed by atoms with Crippen LogP contribution in [-0.2, 0) is 10.2 Å². The van der Waals surface area contributed by atoms with Crippen LogP contribution < -0.4 is 15.4 Å². The van der Waals surface area contributed by atoms with Gasteiger partial charge in [-0.05, 0) is 48.6 Å². The van der Waals surface area contributed by atoms with Crippen LogP contribution in [0.2, 0.25) is 0 Å². The van der Waals surface area contributed by atoms with Crippen molar-refractivity contribution in [3.8, 4) is 5.75 Å². The molecule has 0 aromatic heterocycles. The summed E-state index contributed by atoms with van der Waals surface area (Å²) in [5.74, 6) is 0.115. The standard InChI is InChI=1S/C23H30N2O3/c1-6-15-24-22(27)19-9-7-8-10-20(19)25-21(26)16(2)28-18-13-11-17(12-14-18)23(3,4)5/h7-14,16H,6,15H2,1-5H3,(H,24,27)(H,25,26)/t16-/m1/s1. The van der Waals surface area contributed by atoms with E-state index in [1.54, 1.807) is 31.2 Å². The lowest BCUT2D eigenvalue weighted by Crippen LogP contribution is -2.32. The van der Waals surface area contributed by atoms with Crippen LogP contribution in [0.3, 0.4) is 0 Å². The Kier molecular flexibility index (Phi) is 7.21. The van der Waals surface area contributed by atoms with Crippen molar-refractivity contribution in [2.75, 3.05) is 11.9 Å². The van der Waals surface area contributed by atoms with Crippen molar-refractivity contribution in [2.45, 2.75) is 52.6 Å². The van der Waals surface area contributed by atoms with E-state index in [1.807, 2.05) is 31.2 Å². The number of para-hydroxylation sites is 1. The molecule has 0 saturated heterocycles. The van der Waals surface area contributed by atoms with Gasteiger partial charge in [0.15, 0.2) is 6.10 Å². The number of carbonyl (C=O) groups excluding carboxylic acids is 2. The summed E-state index contributed by atoms with van der Waals surface area (Å²) in [6.45, 7) is 10.7. The van der Waals surface area contributed by atoms with Crippen molar-refractivity contribution in [3.63, 3.8) is 0 Å². The van der Waals surface area contributed by atoms with Crippen LogP contribution >= 0.6 is 0 Å². The summed E-state index contributed by atoms with van der Waals surface area (Å²) in [4.78, 5) is 24.9. The zero-order valence-electron chi connectivity index (χ0n) is 17.3. The Morgan fingerprint density at radius 2 is 1.68 bits per heavy atom. The molecule has 28 heavy (non-hydrogen) atoms. The zero-order chi connectivity index (χ0) is 20.7. The summed E-state index contributed by atoms with van der Waals surface area (Å²) in [6, 6.07) is 14.7. The van der Waals surface area contributed by atoms with Crippen molar-refractivity contribution in [3.05, 3.63) is 59.7 Å². The Balaban J connectivity index is 2.04. The minimum Gasteiger partial charge on any atom is -0.481 e. The third-order valence-corrected chi connectivity index (χ3v) is 4.37. The molecule has 0 aliphatic carbocycles. The lowest BCUT2D eigenvalue weighted by Gasteiger charge is -2.20. The van der Waals surface area contributed by atoms with E-state index in [9.17, 15) is 9.59 Å². The molecule has 2 N–H and O–H groups in total. The van der Waals surface area contributed by atoms with E-state index < -0.39 is 6.10 Å². The number of rotatable bonds is 7. The highest BCUT2D eigenvalue weighted by Crippen LogP contribution is 2.25. The molecule has 0 radical (unpaired) electrons. The summed E-state index contributed by atoms with van der Waals surface area (Å²) in [6.07, 6.45) is 0.145. The Bertz CT molecular complexity index is 807. The molecular weight excluding hydrogens is 352 g/mol. The first-order valence-electron chi connectivity index (χ1n) is 9.67. The molecular formula is C23H30N2O3. The van der Waals surface area contributed by atoms with E-state index in [0.717, 1.165) is 6.42 Å². The number of ether oxygens (including phenoxy) is 1. The second-order valence-electron chi connectivity index (χ2n) is 7.83. The van der Waals surface area contributed by atoms with Gasteiger partial charge in [-0.1, -0.05) is 52.0 Å². The first kappa shape index (κ1) is 21.5. The summed E-state index contributed by atoms with van der Waals surface area (Å²) in [5.41, 5.74) is 2.17. The highest BCUT2D eigenvalue weighted by atomic mass is 16.5. The molecule has 2 rings (SSSR count). The first-order valence-corrected chi connectivity index (χ1v) is 9.67. The molecule has 5 nitrogen and oxygen atoms in total. The molecule has 0 fully saturated rings. The molecule has 0 heterocycles. The van der Waals surface area contributed by atoms with Crippen LogP contribution in [0.5, 0.6) is 5.75 Å². The predicted octanol–water partition coefficient (Wildman–Crippen LogP) is 4.53. The van der Waals surface area contributed by atoms with Crippen LogP contribution in [-0.4, -0.2) is 24.5 Å². The van der Waals surface area contributed by atoms with E-state index in [0.29, 0.717) is 23.5 Å². The van der Waals surface area contributed by atoms with Gasteiger partial charge < -0.3 is 15.4 Å². The summed E-state index contributed by atoms with van der Waals surface area (Å²) in [5, 5.41) is 5.63. The highest BCUT2D eigenvalue weighted by Gasteiger charge is 2.19. The fourth-order valence-electron chi connectivity index (χ4n) is 2.65. The SMILES string of the molecule is CCCNC(=O)c1ccccc1NC(=O)[C@@H](C)Oc1ccc(C(C)(C)C)cc1. The highest BCUT2D eigenvalue weighted by molar-refractivity contribution is 6.04. The number of carbonyl (C=O) groups is 2. The van der Waals surface area contributed by atoms with Gasteiger partial charge in [0, 0.05) is 6.54 Å². The Labute approximate surface area is 167 Å². The van der Waals surface area contributed by atoms with Gasteiger partial charge in [-0.3, -0.25) is 9.59 Å². The minimum absolute atomic E-state index is 0.0591. The van der Waals surface area contributed by atoms with Crippen molar-refractivity contribution < 1.29 is 14.3 Å². The van der Waals surface area contributed by atoms with Crippen LogP contribution in [0.25, 0.3) is 0 Å². The maximum absolute atomic E-state index is 12.6. The summed E-state index contributed by atoms with van der Waals surface area (Å²) in [7, 11) is 0. The molecule has 5 heteroatoms. The molecule has 0 bridgehead atoms. The van der Waals surface area contributed by atoms with Gasteiger partial charge in [0.2, 0.25) is 0 Å². The monoisotopic (exact) mass is 382 g/mol. The van der Waals surface area contributed by atoms with Gasteiger partial charge in [-0.2, -0.15) is 0 Å². The number of benzene rings is 2. The third-order valence-electron chi connectivity index (χ3n) is 4.37. The Morgan fingerprint density at radius 1 is 1.04 bits per heavy atom. The molecule has 1 atom stereocenters. The lowest BCUT2D eigenvalue weighted by molar-refractivity contribution is -0.122. The molecule has 2 amide bonds. The van der Waals surface area contributed by atoms with Gasteiger partial charge in [0.1, 0.15) is 5.75 Å². The van der Waals surface area contributed by atoms with Crippen molar-refractivity contribution >= 4 is 17.5 Å². The van der Waals surface area contributed by atoms with Gasteiger partial charge in [0.05, 0.1) is 11.3 Å². The van der Waals surface area contributed by atoms with Gasteiger partial charge in [-0.25, -0.2) is 0 Å². The number of amides is 2. The van der Waals surface area contributed by atoms with E-state index >= 15 is 0 Å². The average molecular weight is 383 g/mol. The first-order chi connectivity index (χ1) is 13.2. The van der Waals surface area contributed by atoms with Crippen molar-refractivity contribution in [2.24, 2.45) is 0 Å². The Morgan fingerprint density at radius 3 is 2.29 bits per heavy atom. The smallest absolute Gasteiger partial charge is 0.265 e. The largest absolute Gasteiger partial charge is 0.481 e. The molecule has 0 aliphatic rings. The van der Waals surface area contributed by atoms with Crippen LogP contribution in [0.4, 0.5) is 5.69 Å². The van der Waals surface area contributed by atoms with E-state index in [4.69, 9.17) is 4.74 Å².